The van der Waals surface area contributed by atoms with Gasteiger partial charge in [0, 0.05) is 5.57 Å². The van der Waals surface area contributed by atoms with Crippen LogP contribution in [0.2, 0.25) is 0 Å². The summed E-state index contributed by atoms with van der Waals surface area (Å²) in [4.78, 5) is 22.0. The summed E-state index contributed by atoms with van der Waals surface area (Å²) in [5, 5.41) is 8.60. The smallest absolute Gasteiger partial charge is 0.331 e. The molecular weight excluding hydrogens is 220 g/mol. The van der Waals surface area contributed by atoms with Crippen LogP contribution in [0.4, 0.5) is 0 Å². The van der Waals surface area contributed by atoms with Gasteiger partial charge in [-0.25, -0.2) is 4.79 Å². The molecular formula is C13H22O4. The number of esters is 1. The van der Waals surface area contributed by atoms with Crippen LogP contribution in [0.3, 0.4) is 0 Å². The Kier molecular flexibility index (Phi) is 8.11. The average Bonchev–Trinajstić information content (AvgIpc) is 2.25. The van der Waals surface area contributed by atoms with Gasteiger partial charge in [0.1, 0.15) is 6.10 Å². The second kappa shape index (κ2) is 8.79. The Morgan fingerprint density at radius 2 is 1.88 bits per heavy atom. The second-order valence-electron chi connectivity index (χ2n) is 4.13. The summed E-state index contributed by atoms with van der Waals surface area (Å²) in [6.45, 7) is 7.42. The third kappa shape index (κ3) is 7.55. The van der Waals surface area contributed by atoms with Gasteiger partial charge < -0.3 is 9.84 Å². The summed E-state index contributed by atoms with van der Waals surface area (Å²) >= 11 is 0. The summed E-state index contributed by atoms with van der Waals surface area (Å²) in [5.74, 6) is -1.64. The minimum atomic E-state index is -1.15. The lowest BCUT2D eigenvalue weighted by molar-refractivity contribution is -0.150. The fraction of sp³-hybridized carbons (Fsp3) is 0.692. The SMILES string of the molecule is C=C(CC(=O)OC(CCC)CCCC)C(=O)O. The van der Waals surface area contributed by atoms with Gasteiger partial charge >= 0.3 is 11.9 Å². The van der Waals surface area contributed by atoms with Gasteiger partial charge in [0.25, 0.3) is 0 Å². The normalized spacial score (nSPS) is 11.9. The molecule has 0 aliphatic rings. The first-order valence-corrected chi connectivity index (χ1v) is 6.11. The van der Waals surface area contributed by atoms with Crippen molar-refractivity contribution in [1.29, 1.82) is 0 Å². The zero-order valence-corrected chi connectivity index (χ0v) is 10.7. The molecule has 1 atom stereocenters. The first-order chi connectivity index (χ1) is 8.01. The van der Waals surface area contributed by atoms with Crippen LogP contribution in [0, 0.1) is 0 Å². The van der Waals surface area contributed by atoms with Crippen LogP contribution in [-0.4, -0.2) is 23.1 Å². The third-order valence-corrected chi connectivity index (χ3v) is 2.45. The monoisotopic (exact) mass is 242 g/mol. The van der Waals surface area contributed by atoms with Crippen molar-refractivity contribution in [3.63, 3.8) is 0 Å². The molecule has 0 aliphatic carbocycles. The van der Waals surface area contributed by atoms with E-state index in [0.29, 0.717) is 0 Å². The van der Waals surface area contributed by atoms with E-state index in [1.54, 1.807) is 0 Å². The Morgan fingerprint density at radius 3 is 2.35 bits per heavy atom. The Morgan fingerprint density at radius 1 is 1.24 bits per heavy atom. The highest BCUT2D eigenvalue weighted by molar-refractivity contribution is 5.91. The number of aliphatic carboxylic acids is 1. The Labute approximate surface area is 103 Å². The topological polar surface area (TPSA) is 63.6 Å². The summed E-state index contributed by atoms with van der Waals surface area (Å²) in [6, 6.07) is 0. The Hall–Kier alpha value is -1.32. The molecule has 0 aromatic heterocycles. The van der Waals surface area contributed by atoms with Crippen LogP contribution in [0.5, 0.6) is 0 Å². The molecule has 0 radical (unpaired) electrons. The van der Waals surface area contributed by atoms with Crippen LogP contribution in [0.1, 0.15) is 52.4 Å². The van der Waals surface area contributed by atoms with E-state index < -0.39 is 11.9 Å². The highest BCUT2D eigenvalue weighted by Crippen LogP contribution is 2.13. The molecule has 0 aliphatic heterocycles. The molecule has 0 fully saturated rings. The number of carbonyl (C=O) groups is 2. The molecule has 4 heteroatoms. The first-order valence-electron chi connectivity index (χ1n) is 6.11. The molecule has 0 bridgehead atoms. The van der Waals surface area contributed by atoms with Gasteiger partial charge in [-0.05, 0) is 12.8 Å². The van der Waals surface area contributed by atoms with E-state index in [4.69, 9.17) is 9.84 Å². The quantitative estimate of drug-likeness (QED) is 0.498. The minimum absolute atomic E-state index is 0.0888. The van der Waals surface area contributed by atoms with Crippen molar-refractivity contribution >= 4 is 11.9 Å². The van der Waals surface area contributed by atoms with Crippen LogP contribution in [-0.2, 0) is 14.3 Å². The fourth-order valence-electron chi connectivity index (χ4n) is 1.49. The molecule has 0 spiro atoms. The van der Waals surface area contributed by atoms with Crippen LogP contribution in [0.25, 0.3) is 0 Å². The number of carbonyl (C=O) groups excluding carboxylic acids is 1. The number of ether oxygens (including phenoxy) is 1. The Bertz CT molecular complexity index is 271. The molecule has 98 valence electrons. The fourth-order valence-corrected chi connectivity index (χ4v) is 1.49. The lowest BCUT2D eigenvalue weighted by Crippen LogP contribution is -2.19. The summed E-state index contributed by atoms with van der Waals surface area (Å²) in [6.07, 6.45) is 4.36. The van der Waals surface area contributed by atoms with Gasteiger partial charge in [-0.15, -0.1) is 0 Å². The third-order valence-electron chi connectivity index (χ3n) is 2.45. The summed E-state index contributed by atoms with van der Waals surface area (Å²) < 4.78 is 5.25. The number of carboxylic acids is 1. The zero-order valence-electron chi connectivity index (χ0n) is 10.7. The van der Waals surface area contributed by atoms with E-state index in [-0.39, 0.29) is 18.1 Å². The predicted octanol–water partition coefficient (Wildman–Crippen LogP) is 2.92. The molecule has 0 rings (SSSR count). The predicted molar refractivity (Wildman–Crippen MR) is 65.7 cm³/mol. The largest absolute Gasteiger partial charge is 0.478 e. The van der Waals surface area contributed by atoms with Gasteiger partial charge in [0.15, 0.2) is 0 Å². The van der Waals surface area contributed by atoms with E-state index >= 15 is 0 Å². The lowest BCUT2D eigenvalue weighted by Gasteiger charge is -2.16. The zero-order chi connectivity index (χ0) is 13.3. The van der Waals surface area contributed by atoms with Crippen LogP contribution in [0.15, 0.2) is 12.2 Å². The molecule has 1 N–H and O–H groups in total. The highest BCUT2D eigenvalue weighted by atomic mass is 16.5. The minimum Gasteiger partial charge on any atom is -0.478 e. The molecule has 1 unspecified atom stereocenters. The molecule has 0 aromatic rings. The molecule has 0 heterocycles. The van der Waals surface area contributed by atoms with Gasteiger partial charge in [0.05, 0.1) is 6.42 Å². The molecule has 17 heavy (non-hydrogen) atoms. The van der Waals surface area contributed by atoms with E-state index in [9.17, 15) is 9.59 Å². The molecule has 4 nitrogen and oxygen atoms in total. The number of rotatable bonds is 9. The van der Waals surface area contributed by atoms with Crippen molar-refractivity contribution in [3.8, 4) is 0 Å². The summed E-state index contributed by atoms with van der Waals surface area (Å²) in [7, 11) is 0. The first kappa shape index (κ1) is 15.7. The lowest BCUT2D eigenvalue weighted by atomic mass is 10.1. The number of carboxylic acid groups (broad SMARTS) is 1. The second-order valence-corrected chi connectivity index (χ2v) is 4.13. The maximum absolute atomic E-state index is 11.5. The van der Waals surface area contributed by atoms with Crippen molar-refractivity contribution < 1.29 is 19.4 Å². The van der Waals surface area contributed by atoms with E-state index in [1.807, 2.05) is 6.92 Å². The number of hydrogen-bond acceptors (Lipinski definition) is 3. The maximum atomic E-state index is 11.5. The molecule has 0 saturated heterocycles. The van der Waals surface area contributed by atoms with Crippen LogP contribution < -0.4 is 0 Å². The van der Waals surface area contributed by atoms with Crippen molar-refractivity contribution in [2.75, 3.05) is 0 Å². The average molecular weight is 242 g/mol. The van der Waals surface area contributed by atoms with Gasteiger partial charge in [-0.3, -0.25) is 4.79 Å². The van der Waals surface area contributed by atoms with E-state index in [1.165, 1.54) is 0 Å². The maximum Gasteiger partial charge on any atom is 0.331 e. The standard InChI is InChI=1S/C13H22O4/c1-4-6-8-11(7-5-2)17-12(14)9-10(3)13(15)16/h11H,3-9H2,1-2H3,(H,15,16). The van der Waals surface area contributed by atoms with Crippen molar-refractivity contribution in [2.45, 2.75) is 58.5 Å². The van der Waals surface area contributed by atoms with Gasteiger partial charge in [-0.2, -0.15) is 0 Å². The van der Waals surface area contributed by atoms with Crippen molar-refractivity contribution in [2.24, 2.45) is 0 Å². The highest BCUT2D eigenvalue weighted by Gasteiger charge is 2.16. The van der Waals surface area contributed by atoms with E-state index in [0.717, 1.165) is 32.1 Å². The summed E-state index contributed by atoms with van der Waals surface area (Å²) in [5.41, 5.74) is -0.124. The van der Waals surface area contributed by atoms with Crippen molar-refractivity contribution in [1.82, 2.24) is 0 Å². The van der Waals surface area contributed by atoms with E-state index in [2.05, 4.69) is 13.5 Å². The van der Waals surface area contributed by atoms with Crippen LogP contribution >= 0.6 is 0 Å². The van der Waals surface area contributed by atoms with Gasteiger partial charge in [-0.1, -0.05) is 39.7 Å². The Balaban J connectivity index is 4.10. The number of hydrogen-bond donors (Lipinski definition) is 1. The molecule has 0 saturated carbocycles. The van der Waals surface area contributed by atoms with Crippen molar-refractivity contribution in [3.05, 3.63) is 12.2 Å². The molecule has 0 amide bonds. The molecule has 0 aromatic carbocycles. The number of unbranched alkanes of at least 4 members (excludes halogenated alkanes) is 1. The van der Waals surface area contributed by atoms with Gasteiger partial charge in [0.2, 0.25) is 0 Å².